The van der Waals surface area contributed by atoms with Gasteiger partial charge in [0, 0.05) is 12.2 Å². The fraction of sp³-hybridized carbons (Fsp3) is 0.500. The molecule has 0 fully saturated rings. The van der Waals surface area contributed by atoms with E-state index < -0.39 is 0 Å². The van der Waals surface area contributed by atoms with Crippen molar-refractivity contribution in [2.24, 2.45) is 11.5 Å². The van der Waals surface area contributed by atoms with Crippen molar-refractivity contribution in [3.05, 3.63) is 17.7 Å². The minimum Gasteiger partial charge on any atom is -0.368 e. The van der Waals surface area contributed by atoms with Gasteiger partial charge in [0.15, 0.2) is 0 Å². The molecule has 0 bridgehead atoms. The van der Waals surface area contributed by atoms with E-state index in [1.165, 1.54) is 0 Å². The maximum atomic E-state index is 10.6. The number of hydrogen-bond acceptors (Lipinski definition) is 3. The summed E-state index contributed by atoms with van der Waals surface area (Å²) in [4.78, 5) is 14.8. The van der Waals surface area contributed by atoms with Crippen molar-refractivity contribution in [2.75, 3.05) is 0 Å². The van der Waals surface area contributed by atoms with Gasteiger partial charge in [0.1, 0.15) is 12.4 Å². The van der Waals surface area contributed by atoms with E-state index in [4.69, 9.17) is 11.5 Å². The highest BCUT2D eigenvalue weighted by molar-refractivity contribution is 5.73. The van der Waals surface area contributed by atoms with E-state index in [1.807, 2.05) is 13.8 Å². The van der Waals surface area contributed by atoms with Crippen molar-refractivity contribution in [3.8, 4) is 0 Å². The van der Waals surface area contributed by atoms with Gasteiger partial charge in [0.2, 0.25) is 5.91 Å². The Hall–Kier alpha value is -1.36. The Bertz CT molecular complexity index is 316. The summed E-state index contributed by atoms with van der Waals surface area (Å²) >= 11 is 0. The Kier molecular flexibility index (Phi) is 2.67. The van der Waals surface area contributed by atoms with Crippen LogP contribution in [0.1, 0.15) is 24.5 Å². The summed E-state index contributed by atoms with van der Waals surface area (Å²) in [6.07, 6.45) is 1.75. The van der Waals surface area contributed by atoms with E-state index in [0.717, 1.165) is 11.5 Å². The van der Waals surface area contributed by atoms with Crippen LogP contribution in [0.5, 0.6) is 0 Å². The van der Waals surface area contributed by atoms with Crippen LogP contribution >= 0.6 is 0 Å². The number of aromatic nitrogens is 2. The van der Waals surface area contributed by atoms with E-state index in [2.05, 4.69) is 4.98 Å². The molecule has 72 valence electrons. The fourth-order valence-electron chi connectivity index (χ4n) is 1.08. The average molecular weight is 182 g/mol. The molecule has 1 aromatic heterocycles. The Labute approximate surface area is 76.7 Å². The van der Waals surface area contributed by atoms with Crippen LogP contribution < -0.4 is 11.5 Å². The molecule has 1 rings (SSSR count). The van der Waals surface area contributed by atoms with Gasteiger partial charge in [-0.3, -0.25) is 4.79 Å². The normalized spacial score (nSPS) is 12.8. The van der Waals surface area contributed by atoms with Crippen LogP contribution in [0.3, 0.4) is 0 Å². The Morgan fingerprint density at radius 1 is 1.77 bits per heavy atom. The Morgan fingerprint density at radius 2 is 2.38 bits per heavy atom. The molecule has 1 atom stereocenters. The summed E-state index contributed by atoms with van der Waals surface area (Å²) in [5.74, 6) is 0.378. The first-order valence-electron chi connectivity index (χ1n) is 4.08. The van der Waals surface area contributed by atoms with Gasteiger partial charge in [-0.25, -0.2) is 4.98 Å². The SMILES string of the molecule is Cc1nc(C(C)N)cn1CC(N)=O. The zero-order chi connectivity index (χ0) is 10.0. The molecule has 0 aliphatic heterocycles. The number of nitrogens with two attached hydrogens (primary N) is 2. The summed E-state index contributed by atoms with van der Waals surface area (Å²) < 4.78 is 1.70. The van der Waals surface area contributed by atoms with Crippen LogP contribution in [0, 0.1) is 6.92 Å². The lowest BCUT2D eigenvalue weighted by molar-refractivity contribution is -0.118. The predicted molar refractivity (Wildman–Crippen MR) is 48.8 cm³/mol. The summed E-state index contributed by atoms with van der Waals surface area (Å²) in [6, 6.07) is -0.118. The average Bonchev–Trinajstić information content (AvgIpc) is 2.31. The first-order valence-corrected chi connectivity index (χ1v) is 4.08. The third kappa shape index (κ3) is 2.29. The zero-order valence-corrected chi connectivity index (χ0v) is 7.82. The summed E-state index contributed by atoms with van der Waals surface area (Å²) in [6.45, 7) is 3.82. The molecule has 1 heterocycles. The topological polar surface area (TPSA) is 86.9 Å². The maximum absolute atomic E-state index is 10.6. The van der Waals surface area contributed by atoms with E-state index >= 15 is 0 Å². The summed E-state index contributed by atoms with van der Waals surface area (Å²) in [5, 5.41) is 0. The number of carbonyl (C=O) groups excluding carboxylic acids is 1. The van der Waals surface area contributed by atoms with Gasteiger partial charge in [-0.2, -0.15) is 0 Å². The highest BCUT2D eigenvalue weighted by Crippen LogP contribution is 2.08. The molecule has 0 spiro atoms. The smallest absolute Gasteiger partial charge is 0.237 e. The van der Waals surface area contributed by atoms with Gasteiger partial charge < -0.3 is 16.0 Å². The lowest BCUT2D eigenvalue weighted by atomic mass is 10.3. The van der Waals surface area contributed by atoms with Crippen LogP contribution in [-0.4, -0.2) is 15.5 Å². The van der Waals surface area contributed by atoms with Crippen LogP contribution in [0.25, 0.3) is 0 Å². The Morgan fingerprint density at radius 3 is 2.77 bits per heavy atom. The second-order valence-corrected chi connectivity index (χ2v) is 3.10. The zero-order valence-electron chi connectivity index (χ0n) is 7.82. The van der Waals surface area contributed by atoms with Crippen molar-refractivity contribution in [3.63, 3.8) is 0 Å². The molecule has 5 nitrogen and oxygen atoms in total. The van der Waals surface area contributed by atoms with Crippen molar-refractivity contribution >= 4 is 5.91 Å². The van der Waals surface area contributed by atoms with E-state index in [-0.39, 0.29) is 18.5 Å². The standard InChI is InChI=1S/C8H14N4O/c1-5(9)7-3-12(4-8(10)13)6(2)11-7/h3,5H,4,9H2,1-2H3,(H2,10,13). The predicted octanol–water partition coefficient (Wildman–Crippen LogP) is -0.303. The number of imidazole rings is 1. The number of aryl methyl sites for hydroxylation is 1. The summed E-state index contributed by atoms with van der Waals surface area (Å²) in [7, 11) is 0. The first kappa shape index (κ1) is 9.73. The quantitative estimate of drug-likeness (QED) is 0.672. The van der Waals surface area contributed by atoms with Gasteiger partial charge in [-0.1, -0.05) is 0 Å². The molecule has 13 heavy (non-hydrogen) atoms. The first-order chi connectivity index (χ1) is 6.00. The molecular formula is C8H14N4O. The van der Waals surface area contributed by atoms with Crippen molar-refractivity contribution in [2.45, 2.75) is 26.4 Å². The third-order valence-electron chi connectivity index (χ3n) is 1.79. The highest BCUT2D eigenvalue weighted by atomic mass is 16.1. The number of primary amides is 1. The summed E-state index contributed by atoms with van der Waals surface area (Å²) in [5.41, 5.74) is 11.5. The number of rotatable bonds is 3. The lowest BCUT2D eigenvalue weighted by Crippen LogP contribution is -2.18. The number of nitrogens with zero attached hydrogens (tertiary/aromatic N) is 2. The van der Waals surface area contributed by atoms with Gasteiger partial charge in [-0.15, -0.1) is 0 Å². The minimum absolute atomic E-state index is 0.118. The molecule has 0 aromatic carbocycles. The number of amides is 1. The molecule has 4 N–H and O–H groups in total. The molecule has 0 aliphatic rings. The van der Waals surface area contributed by atoms with Crippen LogP contribution in [0.15, 0.2) is 6.20 Å². The number of carbonyl (C=O) groups is 1. The second-order valence-electron chi connectivity index (χ2n) is 3.10. The molecule has 1 unspecified atom stereocenters. The lowest BCUT2D eigenvalue weighted by Gasteiger charge is -1.99. The Balaban J connectivity index is 2.89. The second kappa shape index (κ2) is 3.57. The molecule has 5 heteroatoms. The minimum atomic E-state index is -0.378. The molecule has 1 aromatic rings. The largest absolute Gasteiger partial charge is 0.368 e. The maximum Gasteiger partial charge on any atom is 0.237 e. The number of hydrogen-bond donors (Lipinski definition) is 2. The molecule has 0 aliphatic carbocycles. The highest BCUT2D eigenvalue weighted by Gasteiger charge is 2.08. The van der Waals surface area contributed by atoms with Crippen LogP contribution in [-0.2, 0) is 11.3 Å². The monoisotopic (exact) mass is 182 g/mol. The van der Waals surface area contributed by atoms with Crippen molar-refractivity contribution in [1.82, 2.24) is 9.55 Å². The van der Waals surface area contributed by atoms with Crippen molar-refractivity contribution in [1.29, 1.82) is 0 Å². The van der Waals surface area contributed by atoms with Gasteiger partial charge >= 0.3 is 0 Å². The molecule has 0 radical (unpaired) electrons. The molecule has 0 saturated carbocycles. The van der Waals surface area contributed by atoms with Gasteiger partial charge in [0.05, 0.1) is 5.69 Å². The molecule has 1 amide bonds. The van der Waals surface area contributed by atoms with E-state index in [9.17, 15) is 4.79 Å². The third-order valence-corrected chi connectivity index (χ3v) is 1.79. The van der Waals surface area contributed by atoms with E-state index in [1.54, 1.807) is 10.8 Å². The molecular weight excluding hydrogens is 168 g/mol. The van der Waals surface area contributed by atoms with Crippen molar-refractivity contribution < 1.29 is 4.79 Å². The van der Waals surface area contributed by atoms with Gasteiger partial charge in [0.25, 0.3) is 0 Å². The van der Waals surface area contributed by atoms with Crippen LogP contribution in [0.4, 0.5) is 0 Å². The van der Waals surface area contributed by atoms with E-state index in [0.29, 0.717) is 0 Å². The fourth-order valence-corrected chi connectivity index (χ4v) is 1.08. The van der Waals surface area contributed by atoms with Gasteiger partial charge in [-0.05, 0) is 13.8 Å². The van der Waals surface area contributed by atoms with Crippen LogP contribution in [0.2, 0.25) is 0 Å². The molecule has 0 saturated heterocycles.